The smallest absolute Gasteiger partial charge is 0.407 e. The minimum atomic E-state index is -0.576. The normalized spacial score (nSPS) is 17.9. The molecular weight excluding hydrogens is 472 g/mol. The van der Waals surface area contributed by atoms with Gasteiger partial charge >= 0.3 is 6.09 Å². The van der Waals surface area contributed by atoms with Crippen molar-refractivity contribution in [3.8, 4) is 17.0 Å². The van der Waals surface area contributed by atoms with Gasteiger partial charge in [0.1, 0.15) is 11.7 Å². The van der Waals surface area contributed by atoms with Gasteiger partial charge in [0.15, 0.2) is 11.9 Å². The molecule has 10 heteroatoms. The molecule has 0 spiro atoms. The third kappa shape index (κ3) is 5.79. The molecule has 1 saturated heterocycles. The molecule has 0 saturated carbocycles. The molecule has 0 aliphatic carbocycles. The zero-order chi connectivity index (χ0) is 26.9. The molecular formula is C27H38N6O4. The lowest BCUT2D eigenvalue weighted by atomic mass is 10.1. The molecule has 1 aliphatic heterocycles. The molecule has 3 aromatic heterocycles. The first-order chi connectivity index (χ1) is 17.5. The summed E-state index contributed by atoms with van der Waals surface area (Å²) in [5.74, 6) is 0.590. The third-order valence-electron chi connectivity index (χ3n) is 6.40. The Kier molecular flexibility index (Phi) is 7.59. The van der Waals surface area contributed by atoms with E-state index in [1.54, 1.807) is 10.8 Å². The number of aromatic nitrogens is 5. The fourth-order valence-corrected chi connectivity index (χ4v) is 4.44. The van der Waals surface area contributed by atoms with Crippen molar-refractivity contribution in [1.29, 1.82) is 0 Å². The molecule has 1 fully saturated rings. The molecule has 37 heavy (non-hydrogen) atoms. The van der Waals surface area contributed by atoms with Crippen molar-refractivity contribution < 1.29 is 19.0 Å². The number of carbonyl (C=O) groups excluding carboxylic acids is 1. The average Bonchev–Trinajstić information content (AvgIpc) is 3.33. The van der Waals surface area contributed by atoms with Crippen molar-refractivity contribution in [2.75, 3.05) is 6.61 Å². The van der Waals surface area contributed by atoms with E-state index in [1.165, 1.54) is 0 Å². The van der Waals surface area contributed by atoms with Crippen LogP contribution in [0.5, 0.6) is 5.88 Å². The standard InChI is InChI=1S/C27H38N6O4/c1-9-21-20-14-19(15-28-24(20)33(31-21)22-12-10-11-13-35-22)23-17(3)30-32(8)25(23)36-18(4)16(2)29-26(34)37-27(5,6)7/h9,14-16,18,22H,1,10-13H2,2-8H3,(H,29,34)/t16-,18?,22?/m1/s1. The van der Waals surface area contributed by atoms with E-state index in [1.807, 2.05) is 59.5 Å². The average molecular weight is 511 g/mol. The maximum absolute atomic E-state index is 12.2. The monoisotopic (exact) mass is 510 g/mol. The van der Waals surface area contributed by atoms with Crippen LogP contribution in [0.1, 0.15) is 71.5 Å². The summed E-state index contributed by atoms with van der Waals surface area (Å²) in [7, 11) is 1.84. The molecule has 2 unspecified atom stereocenters. The summed E-state index contributed by atoms with van der Waals surface area (Å²) in [5.41, 5.74) is 3.45. The lowest BCUT2D eigenvalue weighted by molar-refractivity contribution is -0.0370. The first-order valence-electron chi connectivity index (χ1n) is 12.8. The fourth-order valence-electron chi connectivity index (χ4n) is 4.44. The minimum Gasteiger partial charge on any atom is -0.472 e. The Bertz CT molecular complexity index is 1280. The van der Waals surface area contributed by atoms with Gasteiger partial charge in [0.2, 0.25) is 5.88 Å². The maximum atomic E-state index is 12.2. The number of nitrogens with zero attached hydrogens (tertiary/aromatic N) is 5. The Morgan fingerprint density at radius 2 is 2.05 bits per heavy atom. The second-order valence-corrected chi connectivity index (χ2v) is 10.6. The lowest BCUT2D eigenvalue weighted by Gasteiger charge is -2.25. The molecule has 1 amide bonds. The fraction of sp³-hybridized carbons (Fsp3) is 0.556. The van der Waals surface area contributed by atoms with Crippen LogP contribution in [0.2, 0.25) is 0 Å². The number of carbonyl (C=O) groups is 1. The zero-order valence-electron chi connectivity index (χ0n) is 22.9. The van der Waals surface area contributed by atoms with Gasteiger partial charge in [0.25, 0.3) is 0 Å². The predicted octanol–water partition coefficient (Wildman–Crippen LogP) is 5.16. The van der Waals surface area contributed by atoms with Crippen molar-refractivity contribution in [3.63, 3.8) is 0 Å². The van der Waals surface area contributed by atoms with E-state index in [2.05, 4.69) is 23.1 Å². The number of nitrogens with one attached hydrogen (secondary N) is 1. The van der Waals surface area contributed by atoms with Gasteiger partial charge in [-0.25, -0.2) is 19.1 Å². The van der Waals surface area contributed by atoms with Gasteiger partial charge in [-0.15, -0.1) is 0 Å². The Balaban J connectivity index is 1.63. The number of alkyl carbamates (subject to hydrolysis) is 1. The van der Waals surface area contributed by atoms with Crippen LogP contribution in [0.3, 0.4) is 0 Å². The molecule has 0 radical (unpaired) electrons. The van der Waals surface area contributed by atoms with Crippen molar-refractivity contribution in [1.82, 2.24) is 29.9 Å². The number of aryl methyl sites for hydroxylation is 2. The molecule has 1 aliphatic rings. The van der Waals surface area contributed by atoms with Crippen LogP contribution in [-0.4, -0.2) is 55.0 Å². The summed E-state index contributed by atoms with van der Waals surface area (Å²) in [4.78, 5) is 17.0. The second kappa shape index (κ2) is 10.5. The van der Waals surface area contributed by atoms with E-state index < -0.39 is 11.7 Å². The van der Waals surface area contributed by atoms with Crippen LogP contribution in [-0.2, 0) is 16.5 Å². The number of amides is 1. The molecule has 10 nitrogen and oxygen atoms in total. The summed E-state index contributed by atoms with van der Waals surface area (Å²) < 4.78 is 21.3. The minimum absolute atomic E-state index is 0.123. The zero-order valence-corrected chi connectivity index (χ0v) is 22.9. The number of ether oxygens (including phenoxy) is 3. The van der Waals surface area contributed by atoms with Crippen molar-refractivity contribution in [2.24, 2.45) is 7.05 Å². The van der Waals surface area contributed by atoms with E-state index in [0.29, 0.717) is 5.88 Å². The highest BCUT2D eigenvalue weighted by Gasteiger charge is 2.26. The Morgan fingerprint density at radius 1 is 1.30 bits per heavy atom. The summed E-state index contributed by atoms with van der Waals surface area (Å²) in [6.45, 7) is 15.9. The van der Waals surface area contributed by atoms with Gasteiger partial charge in [0.05, 0.1) is 23.0 Å². The number of fused-ring (bicyclic) bond motifs is 1. The summed E-state index contributed by atoms with van der Waals surface area (Å²) >= 11 is 0. The molecule has 3 aromatic rings. The maximum Gasteiger partial charge on any atom is 0.407 e. The SMILES string of the molecule is C=Cc1nn(C2CCCCO2)c2ncc(-c3c(C)nn(C)c3OC(C)[C@@H](C)NC(=O)OC(C)(C)C)cc12. The molecule has 0 bridgehead atoms. The van der Waals surface area contributed by atoms with E-state index in [4.69, 9.17) is 24.3 Å². The lowest BCUT2D eigenvalue weighted by Crippen LogP contribution is -2.44. The first-order valence-corrected chi connectivity index (χ1v) is 12.8. The first kappa shape index (κ1) is 26.7. The van der Waals surface area contributed by atoms with Gasteiger partial charge in [-0.1, -0.05) is 6.58 Å². The van der Waals surface area contributed by atoms with Crippen LogP contribution < -0.4 is 10.1 Å². The van der Waals surface area contributed by atoms with Crippen molar-refractivity contribution in [2.45, 2.75) is 84.8 Å². The topological polar surface area (TPSA) is 105 Å². The Hall–Kier alpha value is -3.40. The van der Waals surface area contributed by atoms with Crippen molar-refractivity contribution in [3.05, 3.63) is 30.2 Å². The van der Waals surface area contributed by atoms with E-state index in [-0.39, 0.29) is 18.4 Å². The van der Waals surface area contributed by atoms with Gasteiger partial charge < -0.3 is 19.5 Å². The number of pyridine rings is 1. The molecule has 0 aromatic carbocycles. The van der Waals surface area contributed by atoms with Crippen LogP contribution in [0.25, 0.3) is 28.2 Å². The van der Waals surface area contributed by atoms with Gasteiger partial charge in [-0.05, 0) is 72.9 Å². The van der Waals surface area contributed by atoms with Crippen LogP contribution in [0, 0.1) is 6.92 Å². The van der Waals surface area contributed by atoms with Gasteiger partial charge in [-0.3, -0.25) is 0 Å². The largest absolute Gasteiger partial charge is 0.472 e. The van der Waals surface area contributed by atoms with E-state index in [9.17, 15) is 4.79 Å². The van der Waals surface area contributed by atoms with Crippen LogP contribution in [0.4, 0.5) is 4.79 Å². The third-order valence-corrected chi connectivity index (χ3v) is 6.40. The van der Waals surface area contributed by atoms with E-state index in [0.717, 1.165) is 59.4 Å². The van der Waals surface area contributed by atoms with E-state index >= 15 is 0 Å². The highest BCUT2D eigenvalue weighted by molar-refractivity contribution is 5.89. The highest BCUT2D eigenvalue weighted by Crippen LogP contribution is 2.36. The summed E-state index contributed by atoms with van der Waals surface area (Å²) in [6.07, 6.45) is 5.67. The molecule has 3 atom stereocenters. The Morgan fingerprint density at radius 3 is 2.70 bits per heavy atom. The van der Waals surface area contributed by atoms with Gasteiger partial charge in [0, 0.05) is 30.8 Å². The predicted molar refractivity (Wildman–Crippen MR) is 142 cm³/mol. The number of hydrogen-bond donors (Lipinski definition) is 1. The summed E-state index contributed by atoms with van der Waals surface area (Å²) in [6, 6.07) is 1.75. The quantitative estimate of drug-likeness (QED) is 0.468. The van der Waals surface area contributed by atoms with Gasteiger partial charge in [-0.2, -0.15) is 10.2 Å². The molecule has 200 valence electrons. The van der Waals surface area contributed by atoms with Crippen LogP contribution in [0.15, 0.2) is 18.8 Å². The molecule has 4 heterocycles. The summed E-state index contributed by atoms with van der Waals surface area (Å²) in [5, 5.41) is 13.1. The molecule has 1 N–H and O–H groups in total. The number of rotatable bonds is 7. The van der Waals surface area contributed by atoms with Crippen LogP contribution >= 0.6 is 0 Å². The molecule has 4 rings (SSSR count). The van der Waals surface area contributed by atoms with Crippen molar-refractivity contribution >= 4 is 23.2 Å². The second-order valence-electron chi connectivity index (χ2n) is 10.6. The number of hydrogen-bond acceptors (Lipinski definition) is 7. The highest BCUT2D eigenvalue weighted by atomic mass is 16.6. The Labute approximate surface area is 218 Å².